The molecule has 0 aliphatic rings. The number of rotatable bonds is 4. The predicted molar refractivity (Wildman–Crippen MR) is 56.6 cm³/mol. The van der Waals surface area contributed by atoms with Gasteiger partial charge >= 0.3 is 0 Å². The van der Waals surface area contributed by atoms with Gasteiger partial charge in [0.05, 0.1) is 0 Å². The molecule has 1 atom stereocenters. The number of methoxy groups -OCH3 is 1. The molecule has 0 bridgehead atoms. The van der Waals surface area contributed by atoms with Crippen LogP contribution < -0.4 is 0 Å². The maximum Gasteiger partial charge on any atom is 0.165 e. The van der Waals surface area contributed by atoms with E-state index in [4.69, 9.17) is 16.3 Å². The first-order valence-corrected chi connectivity index (χ1v) is 4.92. The number of ketones is 1. The molecule has 0 aliphatic carbocycles. The van der Waals surface area contributed by atoms with Gasteiger partial charge in [0.25, 0.3) is 0 Å². The normalized spacial score (nSPS) is 12.5. The van der Waals surface area contributed by atoms with Crippen LogP contribution in [0.2, 0.25) is 5.02 Å². The number of hydrogen-bond acceptors (Lipinski definition) is 2. The van der Waals surface area contributed by atoms with Crippen LogP contribution in [0, 0.1) is 5.82 Å². The fourth-order valence-corrected chi connectivity index (χ4v) is 1.33. The molecule has 0 saturated heterocycles. The van der Waals surface area contributed by atoms with Crippen molar-refractivity contribution in [1.82, 2.24) is 0 Å². The third-order valence-corrected chi connectivity index (χ3v) is 2.55. The lowest BCUT2D eigenvalue weighted by Gasteiger charge is -2.09. The molecule has 4 heteroatoms. The summed E-state index contributed by atoms with van der Waals surface area (Å²) in [4.78, 5) is 11.5. The lowest BCUT2D eigenvalue weighted by Crippen LogP contribution is -2.21. The van der Waals surface area contributed by atoms with Gasteiger partial charge in [-0.15, -0.1) is 0 Å². The van der Waals surface area contributed by atoms with Gasteiger partial charge in [-0.3, -0.25) is 4.79 Å². The van der Waals surface area contributed by atoms with Crippen LogP contribution >= 0.6 is 11.6 Å². The Bertz CT molecular complexity index is 366. The van der Waals surface area contributed by atoms with Crippen LogP contribution in [-0.4, -0.2) is 19.0 Å². The molecule has 0 saturated carbocycles. The lowest BCUT2D eigenvalue weighted by atomic mass is 10.1. The Hall–Kier alpha value is -0.930. The number of halogens is 2. The molecule has 1 unspecified atom stereocenters. The van der Waals surface area contributed by atoms with Crippen molar-refractivity contribution >= 4 is 17.4 Å². The maximum atomic E-state index is 12.9. The summed E-state index contributed by atoms with van der Waals surface area (Å²) in [7, 11) is 1.45. The van der Waals surface area contributed by atoms with Gasteiger partial charge in [-0.2, -0.15) is 0 Å². The Morgan fingerprint density at radius 2 is 2.27 bits per heavy atom. The first-order chi connectivity index (χ1) is 7.04. The van der Waals surface area contributed by atoms with E-state index in [1.807, 2.05) is 0 Å². The van der Waals surface area contributed by atoms with Crippen LogP contribution in [0.4, 0.5) is 4.39 Å². The van der Waals surface area contributed by atoms with Gasteiger partial charge in [-0.05, 0) is 30.7 Å². The Balaban J connectivity index is 2.80. The predicted octanol–water partition coefficient (Wildman–Crippen LogP) is 2.63. The van der Waals surface area contributed by atoms with Crippen molar-refractivity contribution in [3.63, 3.8) is 0 Å². The van der Waals surface area contributed by atoms with Crippen molar-refractivity contribution in [1.29, 1.82) is 0 Å². The number of hydrogen-bond donors (Lipinski definition) is 0. The highest BCUT2D eigenvalue weighted by Gasteiger charge is 2.14. The van der Waals surface area contributed by atoms with Crippen LogP contribution in [0.5, 0.6) is 0 Å². The molecular weight excluding hydrogens is 219 g/mol. The zero-order valence-corrected chi connectivity index (χ0v) is 9.34. The number of benzene rings is 1. The van der Waals surface area contributed by atoms with Gasteiger partial charge in [0.2, 0.25) is 0 Å². The van der Waals surface area contributed by atoms with E-state index >= 15 is 0 Å². The van der Waals surface area contributed by atoms with Gasteiger partial charge in [0.1, 0.15) is 11.9 Å². The highest BCUT2D eigenvalue weighted by molar-refractivity contribution is 6.31. The van der Waals surface area contributed by atoms with Crippen molar-refractivity contribution < 1.29 is 13.9 Å². The summed E-state index contributed by atoms with van der Waals surface area (Å²) in [5.74, 6) is -0.516. The summed E-state index contributed by atoms with van der Waals surface area (Å²) in [6.45, 7) is 1.65. The average molecular weight is 231 g/mol. The summed E-state index contributed by atoms with van der Waals surface area (Å²) >= 11 is 5.83. The van der Waals surface area contributed by atoms with E-state index in [1.165, 1.54) is 25.3 Å². The molecule has 1 rings (SSSR count). The van der Waals surface area contributed by atoms with E-state index < -0.39 is 11.9 Å². The number of ether oxygens (including phenoxy) is 1. The van der Waals surface area contributed by atoms with Gasteiger partial charge in [0.15, 0.2) is 5.78 Å². The fourth-order valence-electron chi connectivity index (χ4n) is 1.14. The topological polar surface area (TPSA) is 26.3 Å². The molecule has 82 valence electrons. The maximum absolute atomic E-state index is 12.9. The molecule has 0 aliphatic heterocycles. The summed E-state index contributed by atoms with van der Waals surface area (Å²) in [6, 6.07) is 3.97. The SMILES string of the molecule is COC(C)C(=O)Cc1cc(F)ccc1Cl. The van der Waals surface area contributed by atoms with Crippen LogP contribution in [0.3, 0.4) is 0 Å². The second-order valence-corrected chi connectivity index (χ2v) is 3.66. The molecule has 0 aromatic heterocycles. The van der Waals surface area contributed by atoms with E-state index in [0.717, 1.165) is 0 Å². The van der Waals surface area contributed by atoms with Crippen molar-refractivity contribution in [2.24, 2.45) is 0 Å². The van der Waals surface area contributed by atoms with Crippen LogP contribution in [0.15, 0.2) is 18.2 Å². The third-order valence-electron chi connectivity index (χ3n) is 2.18. The minimum Gasteiger partial charge on any atom is -0.374 e. The largest absolute Gasteiger partial charge is 0.374 e. The lowest BCUT2D eigenvalue weighted by molar-refractivity contribution is -0.127. The van der Waals surface area contributed by atoms with Crippen LogP contribution in [0.25, 0.3) is 0 Å². The Labute approximate surface area is 93.0 Å². The highest BCUT2D eigenvalue weighted by atomic mass is 35.5. The zero-order valence-electron chi connectivity index (χ0n) is 8.59. The summed E-state index contributed by atoms with van der Waals surface area (Å²) in [5, 5.41) is 0.396. The van der Waals surface area contributed by atoms with Crippen LogP contribution in [0.1, 0.15) is 12.5 Å². The zero-order chi connectivity index (χ0) is 11.4. The number of carbonyl (C=O) groups excluding carboxylic acids is 1. The van der Waals surface area contributed by atoms with Gasteiger partial charge < -0.3 is 4.74 Å². The van der Waals surface area contributed by atoms with E-state index in [-0.39, 0.29) is 12.2 Å². The monoisotopic (exact) mass is 230 g/mol. The number of carbonyl (C=O) groups is 1. The molecule has 0 spiro atoms. The van der Waals surface area contributed by atoms with E-state index in [1.54, 1.807) is 6.92 Å². The molecule has 2 nitrogen and oxygen atoms in total. The Morgan fingerprint density at radius 3 is 2.87 bits per heavy atom. The molecule has 15 heavy (non-hydrogen) atoms. The van der Waals surface area contributed by atoms with Crippen LogP contribution in [-0.2, 0) is 16.0 Å². The summed E-state index contributed by atoms with van der Waals surface area (Å²) in [6.07, 6.45) is -0.407. The van der Waals surface area contributed by atoms with Gasteiger partial charge in [-0.1, -0.05) is 11.6 Å². The average Bonchev–Trinajstić information content (AvgIpc) is 2.22. The molecular formula is C11H12ClFO2. The number of Topliss-reactive ketones (excluding diaryl/α,β-unsaturated/α-hetero) is 1. The quantitative estimate of drug-likeness (QED) is 0.795. The molecule has 0 radical (unpaired) electrons. The first kappa shape index (κ1) is 12.1. The van der Waals surface area contributed by atoms with Crippen molar-refractivity contribution in [3.8, 4) is 0 Å². The molecule has 1 aromatic carbocycles. The van der Waals surface area contributed by atoms with E-state index in [2.05, 4.69) is 0 Å². The third kappa shape index (κ3) is 3.29. The molecule has 1 aromatic rings. The second kappa shape index (κ2) is 5.24. The van der Waals surface area contributed by atoms with Gasteiger partial charge in [0, 0.05) is 18.6 Å². The smallest absolute Gasteiger partial charge is 0.165 e. The van der Waals surface area contributed by atoms with E-state index in [9.17, 15) is 9.18 Å². The standard InChI is InChI=1S/C11H12ClFO2/c1-7(15-2)11(14)6-8-5-9(13)3-4-10(8)12/h3-5,7H,6H2,1-2H3. The fraction of sp³-hybridized carbons (Fsp3) is 0.364. The molecule has 0 fully saturated rings. The van der Waals surface area contributed by atoms with Crippen molar-refractivity contribution in [3.05, 3.63) is 34.6 Å². The Morgan fingerprint density at radius 1 is 1.60 bits per heavy atom. The minimum absolute atomic E-state index is 0.0889. The van der Waals surface area contributed by atoms with Gasteiger partial charge in [-0.25, -0.2) is 4.39 Å². The molecule has 0 N–H and O–H groups in total. The molecule has 0 amide bonds. The second-order valence-electron chi connectivity index (χ2n) is 3.26. The minimum atomic E-state index is -0.496. The van der Waals surface area contributed by atoms with Crippen molar-refractivity contribution in [2.75, 3.05) is 7.11 Å². The highest BCUT2D eigenvalue weighted by Crippen LogP contribution is 2.18. The Kier molecular flexibility index (Phi) is 4.24. The summed E-state index contributed by atoms with van der Waals surface area (Å²) < 4.78 is 17.7. The van der Waals surface area contributed by atoms with Crippen molar-refractivity contribution in [2.45, 2.75) is 19.4 Å². The molecule has 0 heterocycles. The summed E-state index contributed by atoms with van der Waals surface area (Å²) in [5.41, 5.74) is 0.491. The van der Waals surface area contributed by atoms with E-state index in [0.29, 0.717) is 10.6 Å². The first-order valence-electron chi connectivity index (χ1n) is 4.54.